The number of rotatable bonds is 1. The molecule has 3 aliphatic rings. The van der Waals surface area contributed by atoms with Gasteiger partial charge in [0, 0.05) is 10.7 Å². The molecule has 2 bridgehead atoms. The van der Waals surface area contributed by atoms with Gasteiger partial charge in [0.2, 0.25) is 0 Å². The maximum atomic E-state index is 10.4. The highest BCUT2D eigenvalue weighted by Crippen LogP contribution is 2.44. The highest BCUT2D eigenvalue weighted by molar-refractivity contribution is 8.14. The van der Waals surface area contributed by atoms with Crippen molar-refractivity contribution in [3.8, 4) is 0 Å². The molecule has 1 aliphatic carbocycles. The van der Waals surface area contributed by atoms with E-state index in [1.807, 2.05) is 18.7 Å². The lowest BCUT2D eigenvalue weighted by atomic mass is 9.73. The third-order valence-corrected chi connectivity index (χ3v) is 7.25. The van der Waals surface area contributed by atoms with Gasteiger partial charge in [0.15, 0.2) is 0 Å². The highest BCUT2D eigenvalue weighted by atomic mass is 32.2. The number of nitrogens with one attached hydrogen (secondary N) is 1. The summed E-state index contributed by atoms with van der Waals surface area (Å²) in [5.74, 6) is 0.787. The Hall–Kier alpha value is -1.05. The van der Waals surface area contributed by atoms with Crippen molar-refractivity contribution in [1.29, 1.82) is 0 Å². The summed E-state index contributed by atoms with van der Waals surface area (Å²) < 4.78 is 31.6. The van der Waals surface area contributed by atoms with E-state index in [9.17, 15) is 13.0 Å². The molecule has 1 saturated carbocycles. The number of thioether (sulfide) groups is 1. The van der Waals surface area contributed by atoms with Crippen molar-refractivity contribution in [2.24, 2.45) is 11.7 Å². The molecule has 0 unspecified atom stereocenters. The minimum atomic E-state index is -4.27. The molecule has 0 saturated heterocycles. The molecule has 140 valence electrons. The first-order valence-corrected chi connectivity index (χ1v) is 10.8. The van der Waals surface area contributed by atoms with E-state index in [4.69, 9.17) is 5.73 Å². The third-order valence-electron chi connectivity index (χ3n) is 5.18. The molecule has 0 aromatic heterocycles. The molecule has 3 N–H and O–H groups in total. The predicted octanol–water partition coefficient (Wildman–Crippen LogP) is 1.76. The van der Waals surface area contributed by atoms with E-state index >= 15 is 0 Å². The fourth-order valence-electron chi connectivity index (χ4n) is 3.47. The van der Waals surface area contributed by atoms with Crippen LogP contribution in [0.2, 0.25) is 0 Å². The number of hydrogen-bond donors (Lipinski definition) is 2. The van der Waals surface area contributed by atoms with Gasteiger partial charge in [-0.05, 0) is 77.3 Å². The number of fused-ring (bicyclic) bond motifs is 4. The standard InChI is InChI=1S/C11H20N2S.C7H8O3S/c1-10(2)8-4-6-11(3,7-5-8)14-9(12)13-10;1-6-2-4-7(5-3-6)11(8,9)10/h8H,4-7H2,1-3H3,(H2,12,13);2-5H,1H3,(H,8,9,10). The second kappa shape index (κ2) is 7.29. The van der Waals surface area contributed by atoms with Gasteiger partial charge in [0.05, 0.1) is 4.90 Å². The van der Waals surface area contributed by atoms with E-state index in [1.54, 1.807) is 12.1 Å². The van der Waals surface area contributed by atoms with Crippen molar-refractivity contribution in [2.45, 2.75) is 68.6 Å². The smallest absolute Gasteiger partial charge is 0.302 e. The summed E-state index contributed by atoms with van der Waals surface area (Å²) in [6.45, 7) is 8.72. The molecule has 2 heterocycles. The molecule has 7 heteroatoms. The van der Waals surface area contributed by atoms with Crippen LogP contribution in [0.1, 0.15) is 52.0 Å². The summed E-state index contributed by atoms with van der Waals surface area (Å²) in [6.07, 6.45) is 5.32. The van der Waals surface area contributed by atoms with Gasteiger partial charge in [-0.25, -0.2) is 8.42 Å². The Bertz CT molecular complexity index is 732. The van der Waals surface area contributed by atoms with Gasteiger partial charge in [-0.2, -0.15) is 0 Å². The Morgan fingerprint density at radius 2 is 1.68 bits per heavy atom. The SMILES string of the molecule is CC12CCC(CC1)C(C)(C)[NH+]=C(N)S2.Cc1ccc(S(=O)(=O)[O-])cc1. The van der Waals surface area contributed by atoms with Crippen LogP contribution in [0.3, 0.4) is 0 Å². The first-order chi connectivity index (χ1) is 11.4. The van der Waals surface area contributed by atoms with E-state index in [0.717, 1.165) is 16.6 Å². The van der Waals surface area contributed by atoms with Crippen molar-refractivity contribution in [1.82, 2.24) is 0 Å². The zero-order chi connectivity index (χ0) is 18.9. The fourth-order valence-corrected chi connectivity index (χ4v) is 5.22. The van der Waals surface area contributed by atoms with Crippen LogP contribution in [0.25, 0.3) is 0 Å². The zero-order valence-corrected chi connectivity index (χ0v) is 17.0. The summed E-state index contributed by atoms with van der Waals surface area (Å²) in [6, 6.07) is 5.78. The van der Waals surface area contributed by atoms with Crippen LogP contribution in [0.5, 0.6) is 0 Å². The van der Waals surface area contributed by atoms with E-state index in [2.05, 4.69) is 25.8 Å². The van der Waals surface area contributed by atoms with Gasteiger partial charge >= 0.3 is 5.17 Å². The first kappa shape index (κ1) is 20.3. The highest BCUT2D eigenvalue weighted by Gasteiger charge is 2.43. The van der Waals surface area contributed by atoms with Gasteiger partial charge in [-0.15, -0.1) is 0 Å². The second-order valence-corrected chi connectivity index (χ2v) is 10.8. The van der Waals surface area contributed by atoms with Gasteiger partial charge in [0.25, 0.3) is 0 Å². The quantitative estimate of drug-likeness (QED) is 0.719. The van der Waals surface area contributed by atoms with Crippen LogP contribution in [-0.4, -0.2) is 28.4 Å². The minimum Gasteiger partial charge on any atom is -0.744 e. The molecule has 25 heavy (non-hydrogen) atoms. The van der Waals surface area contributed by atoms with Gasteiger partial charge in [0.1, 0.15) is 15.7 Å². The molecular weight excluding hydrogens is 356 g/mol. The Kier molecular flexibility index (Phi) is 5.91. The lowest BCUT2D eigenvalue weighted by molar-refractivity contribution is -0.556. The fraction of sp³-hybridized carbons (Fsp3) is 0.611. The maximum Gasteiger partial charge on any atom is 0.302 e. The average molecular weight is 385 g/mol. The predicted molar refractivity (Wildman–Crippen MR) is 101 cm³/mol. The lowest BCUT2D eigenvalue weighted by Crippen LogP contribution is -2.89. The van der Waals surface area contributed by atoms with E-state index in [1.165, 1.54) is 37.8 Å². The summed E-state index contributed by atoms with van der Waals surface area (Å²) in [5, 5.41) is 0.918. The summed E-state index contributed by atoms with van der Waals surface area (Å²) in [5.41, 5.74) is 7.13. The van der Waals surface area contributed by atoms with Gasteiger partial charge in [-0.1, -0.05) is 17.7 Å². The summed E-state index contributed by atoms with van der Waals surface area (Å²) in [4.78, 5) is 3.29. The van der Waals surface area contributed by atoms with Crippen LogP contribution in [-0.2, 0) is 10.1 Å². The molecule has 0 spiro atoms. The third kappa shape index (κ3) is 5.46. The molecule has 0 radical (unpaired) electrons. The van der Waals surface area contributed by atoms with Crippen LogP contribution < -0.4 is 10.7 Å². The summed E-state index contributed by atoms with van der Waals surface area (Å²) in [7, 11) is -4.27. The summed E-state index contributed by atoms with van der Waals surface area (Å²) >= 11 is 1.85. The Morgan fingerprint density at radius 1 is 1.16 bits per heavy atom. The zero-order valence-electron chi connectivity index (χ0n) is 15.3. The average Bonchev–Trinajstić information content (AvgIpc) is 2.45. The normalized spacial score (nSPS) is 28.2. The van der Waals surface area contributed by atoms with Crippen LogP contribution in [0.4, 0.5) is 0 Å². The number of aryl methyl sites for hydroxylation is 1. The minimum absolute atomic E-state index is 0.178. The monoisotopic (exact) mass is 384 g/mol. The van der Waals surface area contributed by atoms with E-state index in [-0.39, 0.29) is 10.4 Å². The topological polar surface area (TPSA) is 97.2 Å². The van der Waals surface area contributed by atoms with Crippen molar-refractivity contribution in [2.75, 3.05) is 0 Å². The molecule has 1 aromatic carbocycles. The molecule has 2 aliphatic heterocycles. The van der Waals surface area contributed by atoms with Crippen molar-refractivity contribution >= 4 is 27.0 Å². The van der Waals surface area contributed by atoms with Gasteiger partial charge in [-0.3, -0.25) is 10.7 Å². The molecule has 4 rings (SSSR count). The van der Waals surface area contributed by atoms with E-state index in [0.29, 0.717) is 4.75 Å². The number of hydrogen-bond acceptors (Lipinski definition) is 5. The lowest BCUT2D eigenvalue weighted by Gasteiger charge is -2.42. The first-order valence-electron chi connectivity index (χ1n) is 8.53. The molecule has 0 amide bonds. The van der Waals surface area contributed by atoms with Crippen molar-refractivity contribution in [3.05, 3.63) is 29.8 Å². The van der Waals surface area contributed by atoms with Crippen LogP contribution in [0, 0.1) is 12.8 Å². The van der Waals surface area contributed by atoms with E-state index < -0.39 is 10.1 Å². The second-order valence-electron chi connectivity index (χ2n) is 7.80. The largest absolute Gasteiger partial charge is 0.744 e. The Balaban J connectivity index is 0.000000186. The van der Waals surface area contributed by atoms with Crippen LogP contribution >= 0.6 is 11.8 Å². The number of benzene rings is 1. The van der Waals surface area contributed by atoms with Gasteiger partial charge < -0.3 is 4.55 Å². The molecule has 1 aromatic rings. The van der Waals surface area contributed by atoms with Crippen molar-refractivity contribution in [3.63, 3.8) is 0 Å². The molecule has 1 fully saturated rings. The van der Waals surface area contributed by atoms with Crippen molar-refractivity contribution < 1.29 is 18.0 Å². The van der Waals surface area contributed by atoms with Crippen LogP contribution in [0.15, 0.2) is 29.2 Å². The maximum absolute atomic E-state index is 10.4. The Labute approximate surface area is 155 Å². The molecule has 5 nitrogen and oxygen atoms in total. The Morgan fingerprint density at radius 3 is 2.16 bits per heavy atom. The molecular formula is C18H28N2O3S2. The number of nitrogens with two attached hydrogens (primary N) is 1. The number of amidine groups is 1. The molecule has 0 atom stereocenters.